The van der Waals surface area contributed by atoms with E-state index in [4.69, 9.17) is 11.6 Å². The minimum absolute atomic E-state index is 0.220. The molecule has 0 aromatic heterocycles. The lowest BCUT2D eigenvalue weighted by Crippen LogP contribution is -2.23. The fraction of sp³-hybridized carbons (Fsp3) is 0.900. The molecule has 2 aliphatic carbocycles. The molecular weight excluding hydrogens is 172 g/mol. The van der Waals surface area contributed by atoms with E-state index in [1.165, 1.54) is 25.7 Å². The van der Waals surface area contributed by atoms with Crippen LogP contribution in [0, 0.1) is 11.3 Å². The van der Waals surface area contributed by atoms with Crippen molar-refractivity contribution in [2.75, 3.05) is 5.88 Å². The fourth-order valence-corrected chi connectivity index (χ4v) is 2.56. The second-order valence-electron chi connectivity index (χ2n) is 4.37. The number of ketones is 1. The molecule has 1 spiro atoms. The zero-order chi connectivity index (χ0) is 8.60. The van der Waals surface area contributed by atoms with Crippen LogP contribution in [0.3, 0.4) is 0 Å². The summed E-state index contributed by atoms with van der Waals surface area (Å²) in [6.45, 7) is 0. The lowest BCUT2D eigenvalue weighted by atomic mass is 9.78. The molecule has 1 nitrogen and oxygen atoms in total. The quantitative estimate of drug-likeness (QED) is 0.607. The number of halogens is 1. The van der Waals surface area contributed by atoms with Gasteiger partial charge in [-0.15, -0.1) is 11.6 Å². The SMILES string of the molecule is O=C(CCl)C1CCC2(CC1)CC2. The van der Waals surface area contributed by atoms with Crippen LogP contribution in [0.15, 0.2) is 0 Å². The molecule has 2 saturated carbocycles. The lowest BCUT2D eigenvalue weighted by molar-refractivity contribution is -0.121. The van der Waals surface area contributed by atoms with Crippen LogP contribution in [0.2, 0.25) is 0 Å². The average Bonchev–Trinajstić information content (AvgIpc) is 2.85. The molecule has 2 aliphatic rings. The summed E-state index contributed by atoms with van der Waals surface area (Å²) in [6.07, 6.45) is 7.58. The Morgan fingerprint density at radius 3 is 2.25 bits per heavy atom. The first kappa shape index (κ1) is 8.55. The summed E-state index contributed by atoms with van der Waals surface area (Å²) in [5.74, 6) is 0.790. The zero-order valence-electron chi connectivity index (χ0n) is 7.31. The van der Waals surface area contributed by atoms with Gasteiger partial charge in [0.15, 0.2) is 5.78 Å². The van der Waals surface area contributed by atoms with E-state index < -0.39 is 0 Å². The topological polar surface area (TPSA) is 17.1 Å². The maximum absolute atomic E-state index is 11.3. The van der Waals surface area contributed by atoms with Crippen LogP contribution in [-0.4, -0.2) is 11.7 Å². The van der Waals surface area contributed by atoms with Gasteiger partial charge in [-0.25, -0.2) is 0 Å². The molecule has 0 aromatic rings. The smallest absolute Gasteiger partial charge is 0.150 e. The summed E-state index contributed by atoms with van der Waals surface area (Å²) in [4.78, 5) is 11.3. The molecule has 68 valence electrons. The van der Waals surface area contributed by atoms with Crippen LogP contribution >= 0.6 is 11.6 Å². The van der Waals surface area contributed by atoms with Gasteiger partial charge in [-0.05, 0) is 43.9 Å². The fourth-order valence-electron chi connectivity index (χ4n) is 2.34. The number of Topliss-reactive ketones (excluding diaryl/α,β-unsaturated/α-hetero) is 1. The molecule has 0 bridgehead atoms. The van der Waals surface area contributed by atoms with Gasteiger partial charge in [-0.3, -0.25) is 4.79 Å². The third kappa shape index (κ3) is 1.52. The molecule has 0 atom stereocenters. The predicted octanol–water partition coefficient (Wildman–Crippen LogP) is 2.76. The molecular formula is C10H15ClO. The van der Waals surface area contributed by atoms with E-state index in [1.54, 1.807) is 0 Å². The first-order valence-electron chi connectivity index (χ1n) is 4.84. The van der Waals surface area contributed by atoms with Gasteiger partial charge in [0.25, 0.3) is 0 Å². The van der Waals surface area contributed by atoms with E-state index >= 15 is 0 Å². The van der Waals surface area contributed by atoms with Crippen molar-refractivity contribution in [3.8, 4) is 0 Å². The number of hydrogen-bond acceptors (Lipinski definition) is 1. The van der Waals surface area contributed by atoms with E-state index in [1.807, 2.05) is 0 Å². The van der Waals surface area contributed by atoms with Crippen molar-refractivity contribution >= 4 is 17.4 Å². The summed E-state index contributed by atoms with van der Waals surface area (Å²) in [7, 11) is 0. The van der Waals surface area contributed by atoms with E-state index in [-0.39, 0.29) is 11.7 Å². The number of hydrogen-bond donors (Lipinski definition) is 0. The van der Waals surface area contributed by atoms with Gasteiger partial charge in [0.2, 0.25) is 0 Å². The largest absolute Gasteiger partial charge is 0.298 e. The normalized spacial score (nSPS) is 27.4. The predicted molar refractivity (Wildman–Crippen MR) is 49.4 cm³/mol. The van der Waals surface area contributed by atoms with Crippen LogP contribution in [0.4, 0.5) is 0 Å². The van der Waals surface area contributed by atoms with Gasteiger partial charge in [0.05, 0.1) is 5.88 Å². The van der Waals surface area contributed by atoms with Crippen LogP contribution < -0.4 is 0 Å². The highest BCUT2D eigenvalue weighted by Crippen LogP contribution is 2.57. The van der Waals surface area contributed by atoms with E-state index in [2.05, 4.69) is 0 Å². The molecule has 0 radical (unpaired) electrons. The summed E-state index contributed by atoms with van der Waals surface area (Å²) in [5, 5.41) is 0. The van der Waals surface area contributed by atoms with Gasteiger partial charge in [0.1, 0.15) is 0 Å². The Labute approximate surface area is 78.5 Å². The van der Waals surface area contributed by atoms with Crippen molar-refractivity contribution in [3.63, 3.8) is 0 Å². The van der Waals surface area contributed by atoms with Crippen molar-refractivity contribution < 1.29 is 4.79 Å². The molecule has 0 amide bonds. The minimum atomic E-state index is 0.220. The Bertz CT molecular complexity index is 186. The number of rotatable bonds is 2. The van der Waals surface area contributed by atoms with Crippen LogP contribution in [0.1, 0.15) is 38.5 Å². The maximum Gasteiger partial charge on any atom is 0.150 e. The summed E-state index contributed by atoms with van der Waals surface area (Å²) in [6, 6.07) is 0. The van der Waals surface area contributed by atoms with Crippen molar-refractivity contribution in [2.45, 2.75) is 38.5 Å². The van der Waals surface area contributed by atoms with Gasteiger partial charge >= 0.3 is 0 Å². The highest BCUT2D eigenvalue weighted by atomic mass is 35.5. The Morgan fingerprint density at radius 1 is 1.25 bits per heavy atom. The monoisotopic (exact) mass is 186 g/mol. The second-order valence-corrected chi connectivity index (χ2v) is 4.64. The molecule has 2 fully saturated rings. The highest BCUT2D eigenvalue weighted by Gasteiger charge is 2.45. The Kier molecular flexibility index (Phi) is 2.16. The highest BCUT2D eigenvalue weighted by molar-refractivity contribution is 6.27. The Balaban J connectivity index is 1.85. The van der Waals surface area contributed by atoms with Crippen LogP contribution in [-0.2, 0) is 4.79 Å². The molecule has 0 N–H and O–H groups in total. The third-order valence-electron chi connectivity index (χ3n) is 3.59. The number of carbonyl (C=O) groups excluding carboxylic acids is 1. The van der Waals surface area contributed by atoms with E-state index in [9.17, 15) is 4.79 Å². The minimum Gasteiger partial charge on any atom is -0.298 e. The standard InChI is InChI=1S/C10H15ClO/c11-7-9(12)8-1-3-10(4-2-8)5-6-10/h8H,1-7H2. The molecule has 0 aliphatic heterocycles. The average molecular weight is 187 g/mol. The van der Waals surface area contributed by atoms with Crippen molar-refractivity contribution in [3.05, 3.63) is 0 Å². The number of carbonyl (C=O) groups is 1. The maximum atomic E-state index is 11.3. The lowest BCUT2D eigenvalue weighted by Gasteiger charge is -2.26. The second kappa shape index (κ2) is 3.02. The van der Waals surface area contributed by atoms with E-state index in [0.29, 0.717) is 11.3 Å². The van der Waals surface area contributed by atoms with Crippen LogP contribution in [0.25, 0.3) is 0 Å². The third-order valence-corrected chi connectivity index (χ3v) is 3.85. The van der Waals surface area contributed by atoms with Gasteiger partial charge in [0, 0.05) is 5.92 Å². The van der Waals surface area contributed by atoms with E-state index in [0.717, 1.165) is 12.8 Å². The van der Waals surface area contributed by atoms with Crippen LogP contribution in [0.5, 0.6) is 0 Å². The summed E-state index contributed by atoms with van der Waals surface area (Å²) in [5.41, 5.74) is 0.698. The molecule has 0 saturated heterocycles. The van der Waals surface area contributed by atoms with Crippen molar-refractivity contribution in [2.24, 2.45) is 11.3 Å². The molecule has 12 heavy (non-hydrogen) atoms. The molecule has 2 heteroatoms. The number of alkyl halides is 1. The zero-order valence-corrected chi connectivity index (χ0v) is 8.07. The van der Waals surface area contributed by atoms with Gasteiger partial charge in [-0.1, -0.05) is 0 Å². The molecule has 0 unspecified atom stereocenters. The first-order chi connectivity index (χ1) is 5.76. The van der Waals surface area contributed by atoms with Gasteiger partial charge in [-0.2, -0.15) is 0 Å². The summed E-state index contributed by atoms with van der Waals surface area (Å²) < 4.78 is 0. The molecule has 0 heterocycles. The van der Waals surface area contributed by atoms with Crippen molar-refractivity contribution in [1.82, 2.24) is 0 Å². The Morgan fingerprint density at radius 2 is 1.83 bits per heavy atom. The van der Waals surface area contributed by atoms with Crippen molar-refractivity contribution in [1.29, 1.82) is 0 Å². The molecule has 0 aromatic carbocycles. The molecule has 2 rings (SSSR count). The first-order valence-corrected chi connectivity index (χ1v) is 5.38. The Hall–Kier alpha value is -0.0400. The van der Waals surface area contributed by atoms with Gasteiger partial charge < -0.3 is 0 Å². The summed E-state index contributed by atoms with van der Waals surface area (Å²) >= 11 is 5.52.